The van der Waals surface area contributed by atoms with Crippen LogP contribution in [-0.2, 0) is 4.79 Å². The molecule has 124 valence electrons. The molecule has 0 heterocycles. The summed E-state index contributed by atoms with van der Waals surface area (Å²) in [4.78, 5) is 33.8. The van der Waals surface area contributed by atoms with E-state index in [1.807, 2.05) is 0 Å². The van der Waals surface area contributed by atoms with Gasteiger partial charge in [-0.3, -0.25) is 19.7 Å². The van der Waals surface area contributed by atoms with Crippen LogP contribution in [0.25, 0.3) is 0 Å². The van der Waals surface area contributed by atoms with Crippen molar-refractivity contribution in [3.63, 3.8) is 0 Å². The van der Waals surface area contributed by atoms with E-state index in [-0.39, 0.29) is 29.2 Å². The number of aromatic hydroxyl groups is 1. The van der Waals surface area contributed by atoms with Crippen molar-refractivity contribution >= 4 is 34.8 Å². The van der Waals surface area contributed by atoms with E-state index < -0.39 is 16.7 Å². The van der Waals surface area contributed by atoms with Crippen LogP contribution in [0, 0.1) is 10.1 Å². The molecular formula is C15H12ClN3O5. The summed E-state index contributed by atoms with van der Waals surface area (Å²) in [6.07, 6.45) is 0. The van der Waals surface area contributed by atoms with Crippen molar-refractivity contribution in [1.82, 2.24) is 5.32 Å². The predicted octanol–water partition coefficient (Wildman–Crippen LogP) is 2.32. The summed E-state index contributed by atoms with van der Waals surface area (Å²) < 4.78 is 0. The number of halogens is 1. The van der Waals surface area contributed by atoms with Crippen LogP contribution in [0.1, 0.15) is 10.4 Å². The molecule has 8 nitrogen and oxygen atoms in total. The second kappa shape index (κ2) is 7.42. The molecule has 0 saturated carbocycles. The minimum absolute atomic E-state index is 0.0580. The van der Waals surface area contributed by atoms with Gasteiger partial charge in [-0.15, -0.1) is 0 Å². The Bertz CT molecular complexity index is 809. The SMILES string of the molecule is O=C(CNC(=O)c1cccc([N+](=O)[O-])c1)Nc1cc(Cl)ccc1O. The van der Waals surface area contributed by atoms with Gasteiger partial charge in [0.2, 0.25) is 5.91 Å². The minimum Gasteiger partial charge on any atom is -0.506 e. The topological polar surface area (TPSA) is 122 Å². The quantitative estimate of drug-likeness (QED) is 0.434. The maximum Gasteiger partial charge on any atom is 0.270 e. The molecule has 24 heavy (non-hydrogen) atoms. The van der Waals surface area contributed by atoms with Crippen LogP contribution in [-0.4, -0.2) is 28.4 Å². The molecule has 0 atom stereocenters. The van der Waals surface area contributed by atoms with E-state index in [0.717, 1.165) is 6.07 Å². The average Bonchev–Trinajstić information content (AvgIpc) is 2.56. The van der Waals surface area contributed by atoms with Gasteiger partial charge in [0.1, 0.15) is 5.75 Å². The summed E-state index contributed by atoms with van der Waals surface area (Å²) in [5.41, 5.74) is -0.0596. The molecule has 0 bridgehead atoms. The third-order valence-electron chi connectivity index (χ3n) is 2.96. The molecule has 0 aliphatic heterocycles. The zero-order chi connectivity index (χ0) is 17.7. The van der Waals surface area contributed by atoms with Gasteiger partial charge >= 0.3 is 0 Å². The fourth-order valence-corrected chi connectivity index (χ4v) is 2.00. The molecule has 0 radical (unpaired) electrons. The maximum atomic E-state index is 11.9. The number of phenolic OH excluding ortho intramolecular Hbond substituents is 1. The standard InChI is InChI=1S/C15H12ClN3O5/c16-10-4-5-13(20)12(7-10)18-14(21)8-17-15(22)9-2-1-3-11(6-9)19(23)24/h1-7,20H,8H2,(H,17,22)(H,18,21). The third kappa shape index (κ3) is 4.43. The molecule has 0 saturated heterocycles. The van der Waals surface area contributed by atoms with Crippen LogP contribution in [0.3, 0.4) is 0 Å². The number of amides is 2. The Kier molecular flexibility index (Phi) is 5.33. The lowest BCUT2D eigenvalue weighted by Crippen LogP contribution is -2.32. The van der Waals surface area contributed by atoms with Crippen LogP contribution in [0.2, 0.25) is 5.02 Å². The third-order valence-corrected chi connectivity index (χ3v) is 3.20. The van der Waals surface area contributed by atoms with Gasteiger partial charge in [-0.1, -0.05) is 17.7 Å². The van der Waals surface area contributed by atoms with Gasteiger partial charge in [0, 0.05) is 22.7 Å². The highest BCUT2D eigenvalue weighted by Crippen LogP contribution is 2.26. The van der Waals surface area contributed by atoms with Crippen LogP contribution < -0.4 is 10.6 Å². The van der Waals surface area contributed by atoms with E-state index in [1.165, 1.54) is 36.4 Å². The Hall–Kier alpha value is -3.13. The highest BCUT2D eigenvalue weighted by Gasteiger charge is 2.13. The summed E-state index contributed by atoms with van der Waals surface area (Å²) in [6.45, 7) is -0.381. The van der Waals surface area contributed by atoms with E-state index >= 15 is 0 Å². The molecule has 0 aliphatic carbocycles. The summed E-state index contributed by atoms with van der Waals surface area (Å²) in [7, 11) is 0. The first-order chi connectivity index (χ1) is 11.4. The monoisotopic (exact) mass is 349 g/mol. The number of nitrogens with zero attached hydrogens (tertiary/aromatic N) is 1. The second-order valence-electron chi connectivity index (χ2n) is 4.70. The van der Waals surface area contributed by atoms with Crippen molar-refractivity contribution < 1.29 is 19.6 Å². The number of phenols is 1. The molecule has 0 fully saturated rings. The second-order valence-corrected chi connectivity index (χ2v) is 5.14. The smallest absolute Gasteiger partial charge is 0.270 e. The van der Waals surface area contributed by atoms with Crippen LogP contribution in [0.5, 0.6) is 5.75 Å². The number of nitrogens with one attached hydrogen (secondary N) is 2. The van der Waals surface area contributed by atoms with Gasteiger partial charge in [-0.05, 0) is 24.3 Å². The van der Waals surface area contributed by atoms with Crippen LogP contribution >= 0.6 is 11.6 Å². The molecular weight excluding hydrogens is 338 g/mol. The summed E-state index contributed by atoms with van der Waals surface area (Å²) in [5.74, 6) is -1.40. The van der Waals surface area contributed by atoms with Gasteiger partial charge in [-0.25, -0.2) is 0 Å². The Morgan fingerprint density at radius 2 is 1.96 bits per heavy atom. The molecule has 0 aliphatic rings. The molecule has 0 spiro atoms. The summed E-state index contributed by atoms with van der Waals surface area (Å²) >= 11 is 5.76. The first-order valence-electron chi connectivity index (χ1n) is 6.68. The molecule has 0 unspecified atom stereocenters. The number of carbonyl (C=O) groups excluding carboxylic acids is 2. The van der Waals surface area contributed by atoms with Gasteiger partial charge in [-0.2, -0.15) is 0 Å². The lowest BCUT2D eigenvalue weighted by Gasteiger charge is -2.09. The van der Waals surface area contributed by atoms with Gasteiger partial charge in [0.25, 0.3) is 11.6 Å². The molecule has 3 N–H and O–H groups in total. The van der Waals surface area contributed by atoms with Crippen molar-refractivity contribution in [3.05, 3.63) is 63.2 Å². The molecule has 2 aromatic carbocycles. The van der Waals surface area contributed by atoms with Crippen LogP contribution in [0.4, 0.5) is 11.4 Å². The van der Waals surface area contributed by atoms with E-state index in [4.69, 9.17) is 11.6 Å². The van der Waals surface area contributed by atoms with E-state index in [1.54, 1.807) is 0 Å². The maximum absolute atomic E-state index is 11.9. The summed E-state index contributed by atoms with van der Waals surface area (Å²) in [6, 6.07) is 9.26. The molecule has 2 amide bonds. The van der Waals surface area contributed by atoms with Crippen molar-refractivity contribution in [3.8, 4) is 5.75 Å². The first-order valence-corrected chi connectivity index (χ1v) is 7.05. The van der Waals surface area contributed by atoms with E-state index in [2.05, 4.69) is 10.6 Å². The average molecular weight is 350 g/mol. The first kappa shape index (κ1) is 17.2. The van der Waals surface area contributed by atoms with Gasteiger partial charge in [0.15, 0.2) is 0 Å². The highest BCUT2D eigenvalue weighted by atomic mass is 35.5. The number of hydrogen-bond donors (Lipinski definition) is 3. The molecule has 2 rings (SSSR count). The normalized spacial score (nSPS) is 10.0. The number of anilines is 1. The number of nitro benzene ring substituents is 1. The Balaban J connectivity index is 1.96. The van der Waals surface area contributed by atoms with Crippen molar-refractivity contribution in [2.24, 2.45) is 0 Å². The fraction of sp³-hybridized carbons (Fsp3) is 0.0667. The van der Waals surface area contributed by atoms with Crippen molar-refractivity contribution in [2.45, 2.75) is 0 Å². The number of non-ortho nitro benzene ring substituents is 1. The van der Waals surface area contributed by atoms with Crippen LogP contribution in [0.15, 0.2) is 42.5 Å². The molecule has 2 aromatic rings. The van der Waals surface area contributed by atoms with E-state index in [9.17, 15) is 24.8 Å². The predicted molar refractivity (Wildman–Crippen MR) is 87.2 cm³/mol. The zero-order valence-corrected chi connectivity index (χ0v) is 12.9. The lowest BCUT2D eigenvalue weighted by atomic mass is 10.2. The largest absolute Gasteiger partial charge is 0.506 e. The summed E-state index contributed by atoms with van der Waals surface area (Å²) in [5, 5.41) is 25.3. The Morgan fingerprint density at radius 1 is 1.21 bits per heavy atom. The zero-order valence-electron chi connectivity index (χ0n) is 12.2. The molecule has 0 aromatic heterocycles. The number of rotatable bonds is 5. The number of benzene rings is 2. The van der Waals surface area contributed by atoms with E-state index in [0.29, 0.717) is 5.02 Å². The van der Waals surface area contributed by atoms with Crippen molar-refractivity contribution in [2.75, 3.05) is 11.9 Å². The fourth-order valence-electron chi connectivity index (χ4n) is 1.83. The van der Waals surface area contributed by atoms with Gasteiger partial charge in [0.05, 0.1) is 17.2 Å². The number of nitro groups is 1. The number of hydrogen-bond acceptors (Lipinski definition) is 5. The highest BCUT2D eigenvalue weighted by molar-refractivity contribution is 6.31. The molecule has 9 heteroatoms. The Morgan fingerprint density at radius 3 is 2.67 bits per heavy atom. The lowest BCUT2D eigenvalue weighted by molar-refractivity contribution is -0.384. The van der Waals surface area contributed by atoms with Crippen molar-refractivity contribution in [1.29, 1.82) is 0 Å². The number of carbonyl (C=O) groups is 2. The van der Waals surface area contributed by atoms with Gasteiger partial charge < -0.3 is 15.7 Å². The minimum atomic E-state index is -0.635. The Labute approximate surface area is 141 Å².